The van der Waals surface area contributed by atoms with Gasteiger partial charge in [0, 0.05) is 12.6 Å². The summed E-state index contributed by atoms with van der Waals surface area (Å²) in [5.41, 5.74) is 1.82. The lowest BCUT2D eigenvalue weighted by molar-refractivity contribution is 0.105. The van der Waals surface area contributed by atoms with Gasteiger partial charge in [-0.05, 0) is 41.6 Å². The summed E-state index contributed by atoms with van der Waals surface area (Å²) < 4.78 is 0. The molecule has 0 aromatic heterocycles. The summed E-state index contributed by atoms with van der Waals surface area (Å²) in [4.78, 5) is 0. The Morgan fingerprint density at radius 3 is 2.50 bits per heavy atom. The van der Waals surface area contributed by atoms with Gasteiger partial charge in [0.25, 0.3) is 0 Å². The summed E-state index contributed by atoms with van der Waals surface area (Å²) in [5.74, 6) is 0.846. The zero-order valence-electron chi connectivity index (χ0n) is 12.9. The Kier molecular flexibility index (Phi) is 3.42. The minimum atomic E-state index is -0.401. The lowest BCUT2D eigenvalue weighted by Gasteiger charge is -2.40. The minimum absolute atomic E-state index is 0.383. The zero-order chi connectivity index (χ0) is 14.4. The number of benzene rings is 1. The van der Waals surface area contributed by atoms with E-state index >= 15 is 0 Å². The van der Waals surface area contributed by atoms with Crippen molar-refractivity contribution in [1.29, 1.82) is 0 Å². The minimum Gasteiger partial charge on any atom is -0.387 e. The van der Waals surface area contributed by atoms with Crippen LogP contribution in [0.2, 0.25) is 0 Å². The molecule has 0 heterocycles. The van der Waals surface area contributed by atoms with Crippen molar-refractivity contribution < 1.29 is 5.11 Å². The van der Waals surface area contributed by atoms with E-state index < -0.39 is 6.10 Å². The van der Waals surface area contributed by atoms with Crippen LogP contribution < -0.4 is 5.32 Å². The fourth-order valence-corrected chi connectivity index (χ4v) is 4.56. The Hall–Kier alpha value is -0.860. The van der Waals surface area contributed by atoms with E-state index in [4.69, 9.17) is 0 Å². The maximum atomic E-state index is 10.3. The third kappa shape index (κ3) is 2.01. The van der Waals surface area contributed by atoms with E-state index in [-0.39, 0.29) is 0 Å². The van der Waals surface area contributed by atoms with E-state index in [0.29, 0.717) is 23.4 Å². The highest BCUT2D eigenvalue weighted by Crippen LogP contribution is 2.65. The van der Waals surface area contributed by atoms with Crippen molar-refractivity contribution in [2.45, 2.75) is 52.2 Å². The Balaban J connectivity index is 1.63. The van der Waals surface area contributed by atoms with E-state index in [1.165, 1.54) is 19.3 Å². The summed E-state index contributed by atoms with van der Waals surface area (Å²) in [6.45, 7) is 7.96. The van der Waals surface area contributed by atoms with E-state index in [1.807, 2.05) is 30.3 Å². The van der Waals surface area contributed by atoms with Crippen molar-refractivity contribution in [3.63, 3.8) is 0 Å². The molecule has 4 atom stereocenters. The SMILES string of the molecule is CC1(C)[C@H]2CC[C@]1(C)[C@H](NC[C@H](O)c1ccccc1)C2. The van der Waals surface area contributed by atoms with Crippen molar-refractivity contribution in [2.24, 2.45) is 16.7 Å². The number of fused-ring (bicyclic) bond motifs is 2. The Labute approximate surface area is 122 Å². The van der Waals surface area contributed by atoms with Crippen LogP contribution in [0.4, 0.5) is 0 Å². The van der Waals surface area contributed by atoms with E-state index in [0.717, 1.165) is 11.5 Å². The molecule has 2 aliphatic carbocycles. The fourth-order valence-electron chi connectivity index (χ4n) is 4.56. The number of aliphatic hydroxyl groups excluding tert-OH is 1. The van der Waals surface area contributed by atoms with Crippen molar-refractivity contribution >= 4 is 0 Å². The maximum Gasteiger partial charge on any atom is 0.0914 e. The van der Waals surface area contributed by atoms with Gasteiger partial charge in [0.1, 0.15) is 0 Å². The first-order valence-electron chi connectivity index (χ1n) is 7.91. The topological polar surface area (TPSA) is 32.3 Å². The molecule has 1 aromatic carbocycles. The lowest BCUT2D eigenvalue weighted by atomic mass is 9.69. The second kappa shape index (κ2) is 4.85. The molecule has 0 unspecified atom stereocenters. The van der Waals surface area contributed by atoms with Crippen molar-refractivity contribution in [2.75, 3.05) is 6.54 Å². The van der Waals surface area contributed by atoms with Crippen LogP contribution in [0.5, 0.6) is 0 Å². The van der Waals surface area contributed by atoms with Crippen LogP contribution in [0.15, 0.2) is 30.3 Å². The first-order valence-corrected chi connectivity index (χ1v) is 7.91. The van der Waals surface area contributed by atoms with E-state index in [1.54, 1.807) is 0 Å². The molecule has 0 radical (unpaired) electrons. The molecular formula is C18H27NO. The number of rotatable bonds is 4. The Bertz CT molecular complexity index is 470. The van der Waals surface area contributed by atoms with Gasteiger partial charge in [0.2, 0.25) is 0 Å². The van der Waals surface area contributed by atoms with Gasteiger partial charge in [-0.25, -0.2) is 0 Å². The van der Waals surface area contributed by atoms with Crippen LogP contribution in [0.1, 0.15) is 51.7 Å². The number of aliphatic hydroxyl groups is 1. The van der Waals surface area contributed by atoms with Gasteiger partial charge in [-0.15, -0.1) is 0 Å². The third-order valence-corrected chi connectivity index (χ3v) is 6.54. The second-order valence-electron chi connectivity index (χ2n) is 7.50. The van der Waals surface area contributed by atoms with Crippen LogP contribution in [0.3, 0.4) is 0 Å². The normalized spacial score (nSPS) is 36.2. The second-order valence-corrected chi connectivity index (χ2v) is 7.50. The average Bonchev–Trinajstić information content (AvgIpc) is 2.78. The summed E-state index contributed by atoms with van der Waals surface area (Å²) in [5, 5.41) is 14.0. The van der Waals surface area contributed by atoms with Crippen LogP contribution >= 0.6 is 0 Å². The highest BCUT2D eigenvalue weighted by molar-refractivity contribution is 5.18. The van der Waals surface area contributed by atoms with E-state index in [9.17, 15) is 5.11 Å². The van der Waals surface area contributed by atoms with Crippen LogP contribution in [-0.2, 0) is 0 Å². The monoisotopic (exact) mass is 273 g/mol. The average molecular weight is 273 g/mol. The van der Waals surface area contributed by atoms with Gasteiger partial charge in [0.15, 0.2) is 0 Å². The lowest BCUT2D eigenvalue weighted by Crippen LogP contribution is -2.45. The van der Waals surface area contributed by atoms with Gasteiger partial charge >= 0.3 is 0 Å². The molecule has 3 rings (SSSR count). The number of nitrogens with one attached hydrogen (secondary N) is 1. The van der Waals surface area contributed by atoms with Crippen LogP contribution in [0.25, 0.3) is 0 Å². The van der Waals surface area contributed by atoms with Gasteiger partial charge in [0.05, 0.1) is 6.10 Å². The highest BCUT2D eigenvalue weighted by atomic mass is 16.3. The molecule has 0 aliphatic heterocycles. The largest absolute Gasteiger partial charge is 0.387 e. The maximum absolute atomic E-state index is 10.3. The molecule has 1 aromatic rings. The molecule has 20 heavy (non-hydrogen) atoms. The van der Waals surface area contributed by atoms with E-state index in [2.05, 4.69) is 26.1 Å². The fraction of sp³-hybridized carbons (Fsp3) is 0.667. The molecular weight excluding hydrogens is 246 g/mol. The summed E-state index contributed by atoms with van der Waals surface area (Å²) >= 11 is 0. The Morgan fingerprint density at radius 1 is 1.25 bits per heavy atom. The molecule has 2 aliphatic rings. The molecule has 0 saturated heterocycles. The summed E-state index contributed by atoms with van der Waals surface area (Å²) in [6.07, 6.45) is 3.57. The van der Waals surface area contributed by atoms with Gasteiger partial charge in [-0.3, -0.25) is 0 Å². The summed E-state index contributed by atoms with van der Waals surface area (Å²) in [7, 11) is 0. The molecule has 110 valence electrons. The quantitative estimate of drug-likeness (QED) is 0.879. The van der Waals surface area contributed by atoms with Crippen molar-refractivity contribution in [1.82, 2.24) is 5.32 Å². The van der Waals surface area contributed by atoms with Gasteiger partial charge < -0.3 is 10.4 Å². The summed E-state index contributed by atoms with van der Waals surface area (Å²) in [6, 6.07) is 10.5. The van der Waals surface area contributed by atoms with Crippen molar-refractivity contribution in [3.05, 3.63) is 35.9 Å². The smallest absolute Gasteiger partial charge is 0.0914 e. The van der Waals surface area contributed by atoms with Crippen LogP contribution in [0, 0.1) is 16.7 Å². The molecule has 2 heteroatoms. The molecule has 2 fully saturated rings. The Morgan fingerprint density at radius 2 is 1.95 bits per heavy atom. The molecule has 0 spiro atoms. The molecule has 2 saturated carbocycles. The third-order valence-electron chi connectivity index (χ3n) is 6.54. The van der Waals surface area contributed by atoms with Crippen LogP contribution in [-0.4, -0.2) is 17.7 Å². The standard InChI is InChI=1S/C18H27NO/c1-17(2)14-9-10-18(17,3)16(11-14)19-12-15(20)13-7-5-4-6-8-13/h4-8,14-16,19-20H,9-12H2,1-3H3/t14-,15-,16+,18+/m0/s1. The van der Waals surface area contributed by atoms with Gasteiger partial charge in [-0.2, -0.15) is 0 Å². The first-order chi connectivity index (χ1) is 9.45. The number of hydrogen-bond donors (Lipinski definition) is 2. The first kappa shape index (κ1) is 14.1. The van der Waals surface area contributed by atoms with Crippen molar-refractivity contribution in [3.8, 4) is 0 Å². The molecule has 2 nitrogen and oxygen atoms in total. The van der Waals surface area contributed by atoms with Gasteiger partial charge in [-0.1, -0.05) is 51.1 Å². The predicted molar refractivity (Wildman–Crippen MR) is 82.4 cm³/mol. The predicted octanol–water partition coefficient (Wildman–Crippen LogP) is 3.52. The number of hydrogen-bond acceptors (Lipinski definition) is 2. The molecule has 2 N–H and O–H groups in total. The zero-order valence-corrected chi connectivity index (χ0v) is 12.9. The highest BCUT2D eigenvalue weighted by Gasteiger charge is 2.60. The molecule has 0 amide bonds. The molecule has 2 bridgehead atoms.